The molecule has 0 aromatic heterocycles. The number of hydrogen-bond acceptors (Lipinski definition) is 7. The summed E-state index contributed by atoms with van der Waals surface area (Å²) in [5.74, 6) is 0.969. The number of aliphatic hydroxyl groups is 1. The molecule has 136 valence electrons. The maximum Gasteiger partial charge on any atom is 0.224 e. The zero-order chi connectivity index (χ0) is 17.8. The number of likely N-dealkylation sites (tertiary alicyclic amines) is 1. The van der Waals surface area contributed by atoms with Crippen LogP contribution in [-0.2, 0) is 16.3 Å². The fourth-order valence-electron chi connectivity index (χ4n) is 3.14. The molecule has 1 saturated heterocycles. The van der Waals surface area contributed by atoms with Crippen LogP contribution in [0, 0.1) is 5.92 Å². The minimum absolute atomic E-state index is 0.0210. The highest BCUT2D eigenvalue weighted by atomic mass is 32.2. The van der Waals surface area contributed by atoms with E-state index in [2.05, 4.69) is 9.12 Å². The standard InChI is InChI=1S/C16H22N4O4S/c17-16-15-12(18-25(23)19-16)4-1-5-13(15)24-10-11-3-2-7-20(9-11)14(22)6-8-21/h1,4-5,11,18,21H,2-3,6-10H2,(H2,17,19). The molecule has 1 aromatic carbocycles. The third-order valence-electron chi connectivity index (χ3n) is 4.33. The highest BCUT2D eigenvalue weighted by Crippen LogP contribution is 2.31. The highest BCUT2D eigenvalue weighted by Gasteiger charge is 2.27. The minimum Gasteiger partial charge on any atom is -0.566 e. The molecule has 0 radical (unpaired) electrons. The summed E-state index contributed by atoms with van der Waals surface area (Å²) in [7, 11) is 0. The number of rotatable bonds is 5. The number of amides is 1. The van der Waals surface area contributed by atoms with Crippen LogP contribution in [0.4, 0.5) is 5.69 Å². The summed E-state index contributed by atoms with van der Waals surface area (Å²) in [4.78, 5) is 13.7. The fraction of sp³-hybridized carbons (Fsp3) is 0.500. The van der Waals surface area contributed by atoms with Gasteiger partial charge in [0.05, 0.1) is 24.5 Å². The van der Waals surface area contributed by atoms with Gasteiger partial charge in [0.15, 0.2) is 5.84 Å². The molecule has 1 fully saturated rings. The van der Waals surface area contributed by atoms with Gasteiger partial charge in [0.1, 0.15) is 5.75 Å². The molecule has 9 heteroatoms. The van der Waals surface area contributed by atoms with Crippen molar-refractivity contribution in [3.63, 3.8) is 0 Å². The fourth-order valence-corrected chi connectivity index (χ4v) is 3.82. The average Bonchev–Trinajstić information content (AvgIpc) is 2.60. The van der Waals surface area contributed by atoms with Crippen molar-refractivity contribution in [1.82, 2.24) is 4.90 Å². The van der Waals surface area contributed by atoms with Gasteiger partial charge in [-0.05, 0) is 29.4 Å². The molecule has 3 rings (SSSR count). The zero-order valence-corrected chi connectivity index (χ0v) is 14.6. The Hall–Kier alpha value is -1.97. The van der Waals surface area contributed by atoms with E-state index >= 15 is 0 Å². The van der Waals surface area contributed by atoms with Crippen molar-refractivity contribution in [2.45, 2.75) is 19.3 Å². The molecule has 2 atom stereocenters. The Bertz CT molecular complexity index is 670. The number of nitrogens with zero attached hydrogens (tertiary/aromatic N) is 2. The van der Waals surface area contributed by atoms with Crippen LogP contribution in [0.1, 0.15) is 24.8 Å². The lowest BCUT2D eigenvalue weighted by atomic mass is 9.98. The lowest BCUT2D eigenvalue weighted by molar-refractivity contribution is -0.133. The van der Waals surface area contributed by atoms with E-state index < -0.39 is 11.5 Å². The van der Waals surface area contributed by atoms with Crippen LogP contribution < -0.4 is 15.2 Å². The van der Waals surface area contributed by atoms with E-state index in [9.17, 15) is 9.35 Å². The van der Waals surface area contributed by atoms with Gasteiger partial charge in [-0.25, -0.2) is 0 Å². The molecule has 2 aliphatic rings. The van der Waals surface area contributed by atoms with Crippen molar-refractivity contribution in [3.05, 3.63) is 23.8 Å². The van der Waals surface area contributed by atoms with Crippen LogP contribution in [0.2, 0.25) is 0 Å². The summed E-state index contributed by atoms with van der Waals surface area (Å²) in [6.07, 6.45) is 2.06. The molecule has 0 spiro atoms. The van der Waals surface area contributed by atoms with E-state index in [-0.39, 0.29) is 30.7 Å². The summed E-state index contributed by atoms with van der Waals surface area (Å²) in [5, 5.41) is 8.92. The summed E-state index contributed by atoms with van der Waals surface area (Å²) in [5.41, 5.74) is 7.15. The van der Waals surface area contributed by atoms with Crippen molar-refractivity contribution < 1.29 is 19.2 Å². The molecule has 25 heavy (non-hydrogen) atoms. The SMILES string of the molecule is NC1=N[S+]([O-])Nc2cccc(OCC3CCCN(C(=O)CCO)C3)c21. The molecule has 0 aliphatic carbocycles. The number of piperidine rings is 1. The van der Waals surface area contributed by atoms with Crippen molar-refractivity contribution in [3.8, 4) is 5.75 Å². The van der Waals surface area contributed by atoms with Crippen molar-refractivity contribution in [2.24, 2.45) is 16.0 Å². The van der Waals surface area contributed by atoms with Crippen molar-refractivity contribution >= 4 is 29.0 Å². The Morgan fingerprint density at radius 3 is 3.20 bits per heavy atom. The van der Waals surface area contributed by atoms with Crippen LogP contribution in [0.3, 0.4) is 0 Å². The summed E-state index contributed by atoms with van der Waals surface area (Å²) >= 11 is -1.57. The minimum atomic E-state index is -1.57. The van der Waals surface area contributed by atoms with E-state index in [1.807, 2.05) is 0 Å². The third kappa shape index (κ3) is 4.17. The topological polar surface area (TPSA) is 123 Å². The molecule has 2 unspecified atom stereocenters. The largest absolute Gasteiger partial charge is 0.566 e. The molecule has 2 aliphatic heterocycles. The molecular formula is C16H22N4O4S. The number of aliphatic hydroxyl groups excluding tert-OH is 1. The predicted octanol–water partition coefficient (Wildman–Crippen LogP) is 0.396. The van der Waals surface area contributed by atoms with Crippen LogP contribution in [0.25, 0.3) is 0 Å². The van der Waals surface area contributed by atoms with Gasteiger partial charge >= 0.3 is 0 Å². The van der Waals surface area contributed by atoms with Crippen LogP contribution >= 0.6 is 0 Å². The van der Waals surface area contributed by atoms with Gasteiger partial charge in [-0.15, -0.1) is 0 Å². The molecule has 0 bridgehead atoms. The molecular weight excluding hydrogens is 344 g/mol. The summed E-state index contributed by atoms with van der Waals surface area (Å²) < 4.78 is 24.1. The van der Waals surface area contributed by atoms with Gasteiger partial charge in [0, 0.05) is 25.4 Å². The quantitative estimate of drug-likeness (QED) is 0.648. The monoisotopic (exact) mass is 366 g/mol. The number of nitrogens with two attached hydrogens (primary N) is 1. The number of carbonyl (C=O) groups excluding carboxylic acids is 1. The zero-order valence-electron chi connectivity index (χ0n) is 13.8. The average molecular weight is 366 g/mol. The summed E-state index contributed by atoms with van der Waals surface area (Å²) in [6.45, 7) is 1.68. The molecule has 0 saturated carbocycles. The Labute approximate surface area is 149 Å². The van der Waals surface area contributed by atoms with Gasteiger partial charge in [-0.3, -0.25) is 4.79 Å². The maximum absolute atomic E-state index is 11.9. The molecule has 8 nitrogen and oxygen atoms in total. The van der Waals surface area contributed by atoms with Gasteiger partial charge in [0.2, 0.25) is 17.5 Å². The van der Waals surface area contributed by atoms with E-state index in [0.29, 0.717) is 30.2 Å². The van der Waals surface area contributed by atoms with Gasteiger partial charge in [-0.2, -0.15) is 4.72 Å². The molecule has 1 aromatic rings. The van der Waals surface area contributed by atoms with Crippen LogP contribution in [-0.4, -0.2) is 52.6 Å². The first-order valence-corrected chi connectivity index (χ1v) is 9.36. The number of amidine groups is 1. The Morgan fingerprint density at radius 2 is 2.40 bits per heavy atom. The molecule has 2 heterocycles. The lowest BCUT2D eigenvalue weighted by Crippen LogP contribution is -2.41. The van der Waals surface area contributed by atoms with Gasteiger partial charge < -0.3 is 25.0 Å². The molecule has 1 amide bonds. The number of ether oxygens (including phenoxy) is 1. The van der Waals surface area contributed by atoms with E-state index in [1.165, 1.54) is 0 Å². The Kier molecular flexibility index (Phi) is 5.67. The second-order valence-electron chi connectivity index (χ2n) is 6.14. The van der Waals surface area contributed by atoms with E-state index in [4.69, 9.17) is 15.6 Å². The number of nitrogens with one attached hydrogen (secondary N) is 1. The van der Waals surface area contributed by atoms with E-state index in [1.54, 1.807) is 23.1 Å². The first-order valence-electron chi connectivity index (χ1n) is 8.26. The van der Waals surface area contributed by atoms with Crippen LogP contribution in [0.5, 0.6) is 5.75 Å². The normalized spacial score (nSPS) is 22.6. The summed E-state index contributed by atoms with van der Waals surface area (Å²) in [6, 6.07) is 5.38. The second kappa shape index (κ2) is 7.94. The maximum atomic E-state index is 11.9. The number of hydrogen-bond donors (Lipinski definition) is 3. The van der Waals surface area contributed by atoms with Crippen molar-refractivity contribution in [1.29, 1.82) is 0 Å². The number of fused-ring (bicyclic) bond motifs is 1. The highest BCUT2D eigenvalue weighted by molar-refractivity contribution is 7.91. The van der Waals surface area contributed by atoms with Crippen molar-refractivity contribution in [2.75, 3.05) is 31.0 Å². The Balaban J connectivity index is 1.64. The van der Waals surface area contributed by atoms with Gasteiger partial charge in [-0.1, -0.05) is 6.07 Å². The Morgan fingerprint density at radius 1 is 1.56 bits per heavy atom. The number of anilines is 1. The molecule has 4 N–H and O–H groups in total. The first kappa shape index (κ1) is 17.8. The van der Waals surface area contributed by atoms with Gasteiger partial charge in [0.25, 0.3) is 0 Å². The lowest BCUT2D eigenvalue weighted by Gasteiger charge is -2.32. The second-order valence-corrected chi connectivity index (χ2v) is 7.02. The van der Waals surface area contributed by atoms with E-state index in [0.717, 1.165) is 19.4 Å². The third-order valence-corrected chi connectivity index (χ3v) is 5.09. The smallest absolute Gasteiger partial charge is 0.224 e. The predicted molar refractivity (Wildman–Crippen MR) is 95.4 cm³/mol. The first-order chi connectivity index (χ1) is 12.1. The number of carbonyl (C=O) groups is 1. The number of benzene rings is 1. The van der Waals surface area contributed by atoms with Crippen LogP contribution in [0.15, 0.2) is 22.6 Å².